The van der Waals surface area contributed by atoms with E-state index in [2.05, 4.69) is 25.6 Å². The van der Waals surface area contributed by atoms with Crippen LogP contribution in [0.5, 0.6) is 0 Å². The Hall–Kier alpha value is -2.06. The number of aromatic nitrogens is 2. The first kappa shape index (κ1) is 18.7. The lowest BCUT2D eigenvalue weighted by molar-refractivity contribution is 0.629. The van der Waals surface area contributed by atoms with Gasteiger partial charge in [0.2, 0.25) is 0 Å². The minimum atomic E-state index is -0.209. The van der Waals surface area contributed by atoms with Gasteiger partial charge in [0.1, 0.15) is 10.2 Å². The average Bonchev–Trinajstić information content (AvgIpc) is 3.30. The van der Waals surface area contributed by atoms with Gasteiger partial charge in [-0.2, -0.15) is 0 Å². The Kier molecular flexibility index (Phi) is 6.90. The first-order valence-electron chi connectivity index (χ1n) is 8.48. The second-order valence-electron chi connectivity index (χ2n) is 5.68. The van der Waals surface area contributed by atoms with Gasteiger partial charge in [-0.3, -0.25) is 4.99 Å². The largest absolute Gasteiger partial charge is 0.361 e. The highest BCUT2D eigenvalue weighted by atomic mass is 32.2. The van der Waals surface area contributed by atoms with Crippen LogP contribution in [0.1, 0.15) is 12.0 Å². The number of aliphatic imine (C=N–C) groups is 1. The van der Waals surface area contributed by atoms with Gasteiger partial charge in [0.15, 0.2) is 5.96 Å². The third-order valence-electron chi connectivity index (χ3n) is 3.89. The molecule has 0 unspecified atom stereocenters. The van der Waals surface area contributed by atoms with E-state index in [0.29, 0.717) is 0 Å². The zero-order valence-corrected chi connectivity index (χ0v) is 16.2. The summed E-state index contributed by atoms with van der Waals surface area (Å²) in [5.74, 6) is 1.60. The number of benzene rings is 1. The molecule has 0 atom stereocenters. The summed E-state index contributed by atoms with van der Waals surface area (Å²) in [7, 11) is 1.76. The molecule has 1 aromatic carbocycles. The Morgan fingerprint density at radius 3 is 3.04 bits per heavy atom. The van der Waals surface area contributed by atoms with Crippen molar-refractivity contribution in [2.24, 2.45) is 4.99 Å². The highest BCUT2D eigenvalue weighted by molar-refractivity contribution is 8.00. The van der Waals surface area contributed by atoms with E-state index in [4.69, 9.17) is 0 Å². The molecule has 0 saturated heterocycles. The number of guanidine groups is 1. The van der Waals surface area contributed by atoms with Crippen molar-refractivity contribution in [3.63, 3.8) is 0 Å². The summed E-state index contributed by atoms with van der Waals surface area (Å²) in [6.45, 7) is 1.59. The molecule has 0 saturated carbocycles. The Morgan fingerprint density at radius 1 is 1.35 bits per heavy atom. The van der Waals surface area contributed by atoms with Crippen molar-refractivity contribution < 1.29 is 4.39 Å². The van der Waals surface area contributed by atoms with Gasteiger partial charge >= 0.3 is 0 Å². The van der Waals surface area contributed by atoms with Gasteiger partial charge in [-0.15, -0.1) is 11.3 Å². The van der Waals surface area contributed by atoms with Crippen LogP contribution >= 0.6 is 23.1 Å². The summed E-state index contributed by atoms with van der Waals surface area (Å²) in [5.41, 5.74) is 2.06. The van der Waals surface area contributed by atoms with Crippen molar-refractivity contribution in [3.8, 4) is 0 Å². The minimum absolute atomic E-state index is 0.209. The van der Waals surface area contributed by atoms with Crippen molar-refractivity contribution in [1.82, 2.24) is 20.6 Å². The molecule has 0 amide bonds. The van der Waals surface area contributed by atoms with Gasteiger partial charge < -0.3 is 15.6 Å². The lowest BCUT2D eigenvalue weighted by Gasteiger charge is -2.11. The van der Waals surface area contributed by atoms with Crippen LogP contribution in [0.3, 0.4) is 0 Å². The maximum atomic E-state index is 13.4. The SMILES string of the molecule is CN=C(NCCCSc1nccs1)NCCc1c[nH]c2ccc(F)cc12. The first-order valence-corrected chi connectivity index (χ1v) is 10.3. The molecule has 26 heavy (non-hydrogen) atoms. The molecule has 0 radical (unpaired) electrons. The number of nitrogens with one attached hydrogen (secondary N) is 3. The first-order chi connectivity index (χ1) is 12.8. The zero-order valence-electron chi connectivity index (χ0n) is 14.6. The molecule has 3 aromatic rings. The Bertz CT molecular complexity index is 845. The van der Waals surface area contributed by atoms with Gasteiger partial charge in [0.25, 0.3) is 0 Å². The highest BCUT2D eigenvalue weighted by Crippen LogP contribution is 2.20. The van der Waals surface area contributed by atoms with Gasteiger partial charge in [-0.1, -0.05) is 11.8 Å². The summed E-state index contributed by atoms with van der Waals surface area (Å²) in [6.07, 6.45) is 5.60. The fourth-order valence-electron chi connectivity index (χ4n) is 2.61. The molecule has 5 nitrogen and oxygen atoms in total. The summed E-state index contributed by atoms with van der Waals surface area (Å²) in [6, 6.07) is 4.82. The fraction of sp³-hybridized carbons (Fsp3) is 0.333. The average molecular weight is 392 g/mol. The van der Waals surface area contributed by atoms with E-state index < -0.39 is 0 Å². The van der Waals surface area contributed by atoms with Crippen molar-refractivity contribution in [1.29, 1.82) is 0 Å². The number of nitrogens with zero attached hydrogens (tertiary/aromatic N) is 2. The molecule has 2 aromatic heterocycles. The van der Waals surface area contributed by atoms with E-state index in [-0.39, 0.29) is 5.82 Å². The van der Waals surface area contributed by atoms with Crippen LogP contribution in [0.2, 0.25) is 0 Å². The lowest BCUT2D eigenvalue weighted by Crippen LogP contribution is -2.38. The van der Waals surface area contributed by atoms with Crippen LogP contribution in [0.25, 0.3) is 10.9 Å². The maximum Gasteiger partial charge on any atom is 0.190 e. The van der Waals surface area contributed by atoms with Gasteiger partial charge in [-0.25, -0.2) is 9.37 Å². The minimum Gasteiger partial charge on any atom is -0.361 e. The van der Waals surface area contributed by atoms with Gasteiger partial charge in [0, 0.05) is 54.6 Å². The van der Waals surface area contributed by atoms with Crippen LogP contribution in [-0.4, -0.2) is 41.8 Å². The molecule has 3 N–H and O–H groups in total. The quantitative estimate of drug-likeness (QED) is 0.237. The molecule has 0 fully saturated rings. The standard InChI is InChI=1S/C18H22FN5S2/c1-20-17(21-6-2-9-25-18-23-8-10-26-18)22-7-5-13-12-24-16-4-3-14(19)11-15(13)16/h3-4,8,10-12,24H,2,5-7,9H2,1H3,(H2,20,21,22). The smallest absolute Gasteiger partial charge is 0.190 e. The number of thiazole rings is 1. The number of rotatable bonds is 8. The van der Waals surface area contributed by atoms with Gasteiger partial charge in [0.05, 0.1) is 0 Å². The second-order valence-corrected chi connectivity index (χ2v) is 7.92. The number of H-pyrrole nitrogens is 1. The van der Waals surface area contributed by atoms with Crippen molar-refractivity contribution >= 4 is 40.0 Å². The Labute approximate surface area is 160 Å². The number of thioether (sulfide) groups is 1. The van der Waals surface area contributed by atoms with Crippen LogP contribution in [0, 0.1) is 5.82 Å². The van der Waals surface area contributed by atoms with E-state index in [1.165, 1.54) is 6.07 Å². The predicted octanol–water partition coefficient (Wildman–Crippen LogP) is 3.65. The van der Waals surface area contributed by atoms with Crippen molar-refractivity contribution in [2.45, 2.75) is 17.2 Å². The molecule has 0 aliphatic rings. The van der Waals surface area contributed by atoms with E-state index >= 15 is 0 Å². The lowest BCUT2D eigenvalue weighted by atomic mass is 10.1. The topological polar surface area (TPSA) is 65.1 Å². The summed E-state index contributed by atoms with van der Waals surface area (Å²) in [5, 5.41) is 9.56. The van der Waals surface area contributed by atoms with E-state index in [1.807, 2.05) is 17.8 Å². The molecule has 138 valence electrons. The molecule has 8 heteroatoms. The number of hydrogen-bond donors (Lipinski definition) is 3. The van der Waals surface area contributed by atoms with E-state index in [0.717, 1.165) is 58.4 Å². The van der Waals surface area contributed by atoms with E-state index in [9.17, 15) is 4.39 Å². The Morgan fingerprint density at radius 2 is 2.23 bits per heavy atom. The van der Waals surface area contributed by atoms with Gasteiger partial charge in [-0.05, 0) is 36.6 Å². The van der Waals surface area contributed by atoms with Crippen molar-refractivity contribution in [3.05, 3.63) is 47.4 Å². The van der Waals surface area contributed by atoms with Crippen LogP contribution in [0.4, 0.5) is 4.39 Å². The number of hydrogen-bond acceptors (Lipinski definition) is 4. The number of halogens is 1. The molecule has 0 aliphatic heterocycles. The molecular formula is C18H22FN5S2. The highest BCUT2D eigenvalue weighted by Gasteiger charge is 2.05. The van der Waals surface area contributed by atoms with Crippen LogP contribution < -0.4 is 10.6 Å². The molecule has 3 rings (SSSR count). The summed E-state index contributed by atoms with van der Waals surface area (Å²) in [4.78, 5) is 11.7. The summed E-state index contributed by atoms with van der Waals surface area (Å²) < 4.78 is 14.5. The molecule has 0 aliphatic carbocycles. The fourth-order valence-corrected chi connectivity index (χ4v) is 4.26. The second kappa shape index (κ2) is 9.59. The predicted molar refractivity (Wildman–Crippen MR) is 109 cm³/mol. The molecule has 2 heterocycles. The third kappa shape index (κ3) is 5.22. The Balaban J connectivity index is 1.37. The maximum absolute atomic E-state index is 13.4. The normalized spacial score (nSPS) is 11.8. The zero-order chi connectivity index (χ0) is 18.2. The number of aromatic amines is 1. The molecule has 0 bridgehead atoms. The monoisotopic (exact) mass is 391 g/mol. The van der Waals surface area contributed by atoms with Crippen LogP contribution in [0.15, 0.2) is 45.3 Å². The molecular weight excluding hydrogens is 369 g/mol. The van der Waals surface area contributed by atoms with Crippen molar-refractivity contribution in [2.75, 3.05) is 25.9 Å². The van der Waals surface area contributed by atoms with E-state index in [1.54, 1.807) is 42.3 Å². The van der Waals surface area contributed by atoms with Crippen LogP contribution in [-0.2, 0) is 6.42 Å². The molecule has 0 spiro atoms. The third-order valence-corrected chi connectivity index (χ3v) is 5.94. The number of fused-ring (bicyclic) bond motifs is 1. The summed E-state index contributed by atoms with van der Waals surface area (Å²) >= 11 is 3.45.